The summed E-state index contributed by atoms with van der Waals surface area (Å²) in [5, 5.41) is 0.686. The van der Waals surface area contributed by atoms with Gasteiger partial charge in [-0.2, -0.15) is 0 Å². The zero-order valence-corrected chi connectivity index (χ0v) is 10.9. The molecule has 3 heteroatoms. The summed E-state index contributed by atoms with van der Waals surface area (Å²) in [7, 11) is 0. The monoisotopic (exact) mass is 247 g/mol. The van der Waals surface area contributed by atoms with Crippen molar-refractivity contribution in [3.05, 3.63) is 51.8 Å². The van der Waals surface area contributed by atoms with E-state index in [9.17, 15) is 4.79 Å². The van der Waals surface area contributed by atoms with Gasteiger partial charge in [0.25, 0.3) is 0 Å². The lowest BCUT2D eigenvalue weighted by atomic mass is 10.1. The molecule has 0 saturated heterocycles. The van der Waals surface area contributed by atoms with Crippen LogP contribution in [0, 0.1) is 20.8 Å². The number of aromatic nitrogens is 1. The van der Waals surface area contributed by atoms with Crippen LogP contribution in [0.3, 0.4) is 0 Å². The average molecular weight is 248 g/mol. The van der Waals surface area contributed by atoms with Gasteiger partial charge < -0.3 is 4.57 Å². The molecular weight excluding hydrogens is 234 g/mol. The molecular formula is C14H14ClNO. The second-order valence-electron chi connectivity index (χ2n) is 4.11. The van der Waals surface area contributed by atoms with Gasteiger partial charge in [0.05, 0.1) is 10.7 Å². The van der Waals surface area contributed by atoms with Gasteiger partial charge in [0, 0.05) is 17.0 Å². The summed E-state index contributed by atoms with van der Waals surface area (Å²) in [6.07, 6.45) is 0.908. The quantitative estimate of drug-likeness (QED) is 0.739. The lowest BCUT2D eigenvalue weighted by molar-refractivity contribution is 0.112. The van der Waals surface area contributed by atoms with E-state index in [1.165, 1.54) is 0 Å². The summed E-state index contributed by atoms with van der Waals surface area (Å²) in [6.45, 7) is 5.89. The number of hydrogen-bond acceptors (Lipinski definition) is 1. The van der Waals surface area contributed by atoms with Crippen LogP contribution in [0.4, 0.5) is 0 Å². The van der Waals surface area contributed by atoms with E-state index >= 15 is 0 Å². The molecule has 1 aromatic carbocycles. The highest BCUT2D eigenvalue weighted by Crippen LogP contribution is 2.28. The number of halogens is 1. The number of para-hydroxylation sites is 1. The molecule has 17 heavy (non-hydrogen) atoms. The fourth-order valence-corrected chi connectivity index (χ4v) is 2.39. The predicted molar refractivity (Wildman–Crippen MR) is 70.4 cm³/mol. The third kappa shape index (κ3) is 1.79. The highest BCUT2D eigenvalue weighted by Gasteiger charge is 2.16. The number of hydrogen-bond donors (Lipinski definition) is 0. The Labute approximate surface area is 106 Å². The maximum atomic E-state index is 11.1. The lowest BCUT2D eigenvalue weighted by Crippen LogP contribution is -2.00. The van der Waals surface area contributed by atoms with E-state index in [2.05, 4.69) is 0 Å². The number of rotatable bonds is 2. The minimum Gasteiger partial charge on any atom is -0.316 e. The summed E-state index contributed by atoms with van der Waals surface area (Å²) in [6, 6.07) is 7.64. The average Bonchev–Trinajstić information content (AvgIpc) is 2.52. The SMILES string of the molecule is Cc1c(C=O)c(C)n(-c2ccccc2Cl)c1C. The van der Waals surface area contributed by atoms with Crippen molar-refractivity contribution in [3.63, 3.8) is 0 Å². The molecule has 88 valence electrons. The van der Waals surface area contributed by atoms with Crippen molar-refractivity contribution < 1.29 is 4.79 Å². The van der Waals surface area contributed by atoms with Crippen LogP contribution in [0.15, 0.2) is 24.3 Å². The Morgan fingerprint density at radius 1 is 1.12 bits per heavy atom. The van der Waals surface area contributed by atoms with Crippen LogP contribution < -0.4 is 0 Å². The van der Waals surface area contributed by atoms with Gasteiger partial charge in [-0.05, 0) is 38.5 Å². The van der Waals surface area contributed by atoms with Crippen LogP contribution in [0.5, 0.6) is 0 Å². The maximum Gasteiger partial charge on any atom is 0.152 e. The normalized spacial score (nSPS) is 10.6. The molecule has 0 aliphatic carbocycles. The van der Waals surface area contributed by atoms with Crippen molar-refractivity contribution in [2.45, 2.75) is 20.8 Å². The van der Waals surface area contributed by atoms with E-state index in [1.54, 1.807) is 0 Å². The van der Waals surface area contributed by atoms with Crippen molar-refractivity contribution in [1.82, 2.24) is 4.57 Å². The number of benzene rings is 1. The molecule has 0 saturated carbocycles. The Bertz CT molecular complexity index is 584. The van der Waals surface area contributed by atoms with Crippen molar-refractivity contribution in [3.8, 4) is 5.69 Å². The molecule has 0 aliphatic rings. The zero-order chi connectivity index (χ0) is 12.6. The number of aldehydes is 1. The molecule has 0 atom stereocenters. The van der Waals surface area contributed by atoms with Crippen molar-refractivity contribution in [2.75, 3.05) is 0 Å². The second kappa shape index (κ2) is 4.38. The van der Waals surface area contributed by atoms with Crippen LogP contribution >= 0.6 is 11.6 Å². The Hall–Kier alpha value is -1.54. The topological polar surface area (TPSA) is 22.0 Å². The minimum atomic E-state index is 0.686. The van der Waals surface area contributed by atoms with E-state index in [-0.39, 0.29) is 0 Å². The van der Waals surface area contributed by atoms with E-state index < -0.39 is 0 Å². The highest BCUT2D eigenvalue weighted by molar-refractivity contribution is 6.32. The molecule has 2 rings (SSSR count). The summed E-state index contributed by atoms with van der Waals surface area (Å²) in [4.78, 5) is 11.1. The molecule has 0 fully saturated rings. The third-order valence-corrected chi connectivity index (χ3v) is 3.54. The molecule has 0 bridgehead atoms. The molecule has 0 N–H and O–H groups in total. The van der Waals surface area contributed by atoms with Gasteiger partial charge in [-0.25, -0.2) is 0 Å². The first-order valence-corrected chi connectivity index (χ1v) is 5.84. The first-order valence-electron chi connectivity index (χ1n) is 5.46. The van der Waals surface area contributed by atoms with E-state index in [1.807, 2.05) is 49.6 Å². The Morgan fingerprint density at radius 2 is 1.76 bits per heavy atom. The van der Waals surface area contributed by atoms with Gasteiger partial charge in [0.15, 0.2) is 6.29 Å². The highest BCUT2D eigenvalue weighted by atomic mass is 35.5. The van der Waals surface area contributed by atoms with Gasteiger partial charge in [-0.3, -0.25) is 4.79 Å². The van der Waals surface area contributed by atoms with Crippen LogP contribution in [0.1, 0.15) is 27.3 Å². The van der Waals surface area contributed by atoms with Crippen LogP contribution in [-0.4, -0.2) is 10.9 Å². The molecule has 1 aromatic heterocycles. The van der Waals surface area contributed by atoms with Gasteiger partial charge >= 0.3 is 0 Å². The fourth-order valence-electron chi connectivity index (χ4n) is 2.17. The smallest absolute Gasteiger partial charge is 0.152 e. The first-order chi connectivity index (χ1) is 8.07. The Morgan fingerprint density at radius 3 is 2.29 bits per heavy atom. The van der Waals surface area contributed by atoms with Gasteiger partial charge in [0.2, 0.25) is 0 Å². The predicted octanol–water partition coefficient (Wildman–Crippen LogP) is 3.87. The van der Waals surface area contributed by atoms with Gasteiger partial charge in [-0.15, -0.1) is 0 Å². The number of carbonyl (C=O) groups is 1. The summed E-state index contributed by atoms with van der Waals surface area (Å²) < 4.78 is 2.03. The van der Waals surface area contributed by atoms with Crippen LogP contribution in [0.2, 0.25) is 5.02 Å². The molecule has 2 aromatic rings. The van der Waals surface area contributed by atoms with E-state index in [4.69, 9.17) is 11.6 Å². The van der Waals surface area contributed by atoms with Crippen LogP contribution in [-0.2, 0) is 0 Å². The van der Waals surface area contributed by atoms with Crippen molar-refractivity contribution in [1.29, 1.82) is 0 Å². The van der Waals surface area contributed by atoms with Gasteiger partial charge in [0.1, 0.15) is 0 Å². The summed E-state index contributed by atoms with van der Waals surface area (Å²) in [5.74, 6) is 0. The largest absolute Gasteiger partial charge is 0.316 e. The Kier molecular flexibility index (Phi) is 3.07. The molecule has 2 nitrogen and oxygen atoms in total. The Balaban J connectivity index is 2.77. The van der Waals surface area contributed by atoms with E-state index in [0.717, 1.165) is 34.5 Å². The van der Waals surface area contributed by atoms with Crippen molar-refractivity contribution >= 4 is 17.9 Å². The van der Waals surface area contributed by atoms with Crippen molar-refractivity contribution in [2.24, 2.45) is 0 Å². The third-order valence-electron chi connectivity index (χ3n) is 3.22. The second-order valence-corrected chi connectivity index (χ2v) is 4.52. The maximum absolute atomic E-state index is 11.1. The molecule has 0 unspecified atom stereocenters. The molecule has 1 heterocycles. The minimum absolute atomic E-state index is 0.686. The van der Waals surface area contributed by atoms with E-state index in [0.29, 0.717) is 5.02 Å². The number of carbonyl (C=O) groups excluding carboxylic acids is 1. The number of nitrogens with zero attached hydrogens (tertiary/aromatic N) is 1. The fraction of sp³-hybridized carbons (Fsp3) is 0.214. The zero-order valence-electron chi connectivity index (χ0n) is 10.1. The summed E-state index contributed by atoms with van der Waals surface area (Å²) >= 11 is 6.20. The molecule has 0 amide bonds. The molecule has 0 spiro atoms. The molecule has 0 radical (unpaired) electrons. The summed E-state index contributed by atoms with van der Waals surface area (Å²) in [5.41, 5.74) is 4.67. The molecule has 0 aliphatic heterocycles. The standard InChI is InChI=1S/C14H14ClNO/c1-9-10(2)16(11(3)12(9)8-17)14-7-5-4-6-13(14)15/h4-8H,1-3H3. The lowest BCUT2D eigenvalue weighted by Gasteiger charge is -2.11. The first kappa shape index (κ1) is 11.9. The van der Waals surface area contributed by atoms with Gasteiger partial charge in [-0.1, -0.05) is 23.7 Å². The van der Waals surface area contributed by atoms with Crippen LogP contribution in [0.25, 0.3) is 5.69 Å².